The molecule has 122 valence electrons. The number of benzene rings is 2. The third-order valence-electron chi connectivity index (χ3n) is 3.70. The molecule has 2 aromatic rings. The summed E-state index contributed by atoms with van der Waals surface area (Å²) < 4.78 is 0. The lowest BCUT2D eigenvalue weighted by atomic mass is 9.89. The second kappa shape index (κ2) is 6.79. The summed E-state index contributed by atoms with van der Waals surface area (Å²) in [7, 11) is 0. The van der Waals surface area contributed by atoms with Crippen molar-refractivity contribution < 1.29 is 14.7 Å². The molecule has 0 aliphatic rings. The van der Waals surface area contributed by atoms with Crippen LogP contribution in [0.3, 0.4) is 0 Å². The van der Waals surface area contributed by atoms with Gasteiger partial charge in [-0.15, -0.1) is 0 Å². The van der Waals surface area contributed by atoms with Crippen molar-refractivity contribution in [3.8, 4) is 0 Å². The Labute approximate surface area is 135 Å². The lowest BCUT2D eigenvalue weighted by Crippen LogP contribution is -2.43. The summed E-state index contributed by atoms with van der Waals surface area (Å²) in [6.07, 6.45) is -0.725. The molecule has 1 atom stereocenters. The van der Waals surface area contributed by atoms with E-state index >= 15 is 0 Å². The Morgan fingerprint density at radius 1 is 1.04 bits per heavy atom. The van der Waals surface area contributed by atoms with Crippen LogP contribution in [-0.4, -0.2) is 29.6 Å². The van der Waals surface area contributed by atoms with Gasteiger partial charge in [0.15, 0.2) is 0 Å². The van der Waals surface area contributed by atoms with Gasteiger partial charge in [0.05, 0.1) is 6.10 Å². The fourth-order valence-corrected chi connectivity index (χ4v) is 2.09. The van der Waals surface area contributed by atoms with Crippen LogP contribution in [0.5, 0.6) is 0 Å². The first-order valence-electron chi connectivity index (χ1n) is 7.54. The highest BCUT2D eigenvalue weighted by Gasteiger charge is 2.24. The predicted octanol–water partition coefficient (Wildman–Crippen LogP) is 2.30. The Bertz CT molecular complexity index is 714. The molecule has 0 saturated heterocycles. The molecule has 0 aliphatic heterocycles. The number of aliphatic hydroxyl groups is 1. The van der Waals surface area contributed by atoms with Crippen LogP contribution in [0.15, 0.2) is 42.5 Å². The van der Waals surface area contributed by atoms with E-state index in [0.717, 1.165) is 10.8 Å². The molecule has 0 radical (unpaired) electrons. The maximum absolute atomic E-state index is 12.0. The van der Waals surface area contributed by atoms with E-state index in [1.807, 2.05) is 57.2 Å². The molecular weight excluding hydrogens is 292 g/mol. The van der Waals surface area contributed by atoms with Crippen LogP contribution in [0, 0.1) is 5.41 Å². The van der Waals surface area contributed by atoms with E-state index in [-0.39, 0.29) is 12.0 Å². The number of carbonyl (C=O) groups excluding carboxylic acids is 2. The standard InChI is InChI=1S/C18H22N2O3/c1-18(2,3)15(21)11-19-16(22)17(23)20-14-10-6-8-12-7-4-5-9-13(12)14/h4-10,15,21H,11H2,1-3H3,(H,19,22)(H,20,23). The molecule has 2 rings (SSSR count). The quantitative estimate of drug-likeness (QED) is 0.761. The van der Waals surface area contributed by atoms with E-state index in [2.05, 4.69) is 10.6 Å². The van der Waals surface area contributed by atoms with Gasteiger partial charge in [0.2, 0.25) is 0 Å². The molecule has 1 unspecified atom stereocenters. The van der Waals surface area contributed by atoms with E-state index < -0.39 is 17.9 Å². The predicted molar refractivity (Wildman–Crippen MR) is 91.0 cm³/mol. The summed E-state index contributed by atoms with van der Waals surface area (Å²) >= 11 is 0. The molecule has 0 spiro atoms. The fourth-order valence-electron chi connectivity index (χ4n) is 2.09. The summed E-state index contributed by atoms with van der Waals surface area (Å²) in [6, 6.07) is 13.1. The summed E-state index contributed by atoms with van der Waals surface area (Å²) in [6.45, 7) is 5.62. The van der Waals surface area contributed by atoms with Crippen molar-refractivity contribution in [3.05, 3.63) is 42.5 Å². The van der Waals surface area contributed by atoms with E-state index in [1.54, 1.807) is 6.07 Å². The Morgan fingerprint density at radius 3 is 2.39 bits per heavy atom. The van der Waals surface area contributed by atoms with Crippen LogP contribution < -0.4 is 10.6 Å². The molecule has 0 bridgehead atoms. The normalized spacial score (nSPS) is 12.7. The second-order valence-electron chi connectivity index (χ2n) is 6.57. The van der Waals surface area contributed by atoms with Crippen molar-refractivity contribution in [2.24, 2.45) is 5.41 Å². The number of nitrogens with one attached hydrogen (secondary N) is 2. The van der Waals surface area contributed by atoms with Crippen LogP contribution in [-0.2, 0) is 9.59 Å². The Balaban J connectivity index is 2.02. The van der Waals surface area contributed by atoms with Crippen molar-refractivity contribution in [1.82, 2.24) is 5.32 Å². The molecule has 0 saturated carbocycles. The SMILES string of the molecule is CC(C)(C)C(O)CNC(=O)C(=O)Nc1cccc2ccccc12. The number of anilines is 1. The van der Waals surface area contributed by atoms with Gasteiger partial charge in [-0.1, -0.05) is 57.2 Å². The largest absolute Gasteiger partial charge is 0.391 e. The molecule has 5 nitrogen and oxygen atoms in total. The molecule has 0 aliphatic carbocycles. The first-order valence-corrected chi connectivity index (χ1v) is 7.54. The molecule has 0 heterocycles. The van der Waals surface area contributed by atoms with Crippen molar-refractivity contribution in [1.29, 1.82) is 0 Å². The van der Waals surface area contributed by atoms with Gasteiger partial charge in [0.25, 0.3) is 0 Å². The Hall–Kier alpha value is -2.40. The molecule has 0 aromatic heterocycles. The third kappa shape index (κ3) is 4.29. The first kappa shape index (κ1) is 17.0. The smallest absolute Gasteiger partial charge is 0.313 e. The number of fused-ring (bicyclic) bond motifs is 1. The van der Waals surface area contributed by atoms with Crippen LogP contribution >= 0.6 is 0 Å². The molecule has 3 N–H and O–H groups in total. The lowest BCUT2D eigenvalue weighted by Gasteiger charge is -2.25. The van der Waals surface area contributed by atoms with Crippen LogP contribution in [0.1, 0.15) is 20.8 Å². The maximum Gasteiger partial charge on any atom is 0.313 e. The van der Waals surface area contributed by atoms with Gasteiger partial charge in [0, 0.05) is 17.6 Å². The Kier molecular flexibility index (Phi) is 5.01. The number of aliphatic hydroxyl groups excluding tert-OH is 1. The van der Waals surface area contributed by atoms with E-state index in [0.29, 0.717) is 5.69 Å². The van der Waals surface area contributed by atoms with Gasteiger partial charge in [0.1, 0.15) is 0 Å². The molecule has 2 aromatic carbocycles. The summed E-state index contributed by atoms with van der Waals surface area (Å²) in [5.41, 5.74) is 0.221. The summed E-state index contributed by atoms with van der Waals surface area (Å²) in [5.74, 6) is -1.51. The van der Waals surface area contributed by atoms with Crippen molar-refractivity contribution in [2.75, 3.05) is 11.9 Å². The van der Waals surface area contributed by atoms with Crippen molar-refractivity contribution in [2.45, 2.75) is 26.9 Å². The minimum Gasteiger partial charge on any atom is -0.391 e. The molecule has 2 amide bonds. The average Bonchev–Trinajstić information content (AvgIpc) is 2.51. The highest BCUT2D eigenvalue weighted by molar-refractivity contribution is 6.40. The minimum atomic E-state index is -0.763. The zero-order valence-corrected chi connectivity index (χ0v) is 13.6. The van der Waals surface area contributed by atoms with E-state index in [1.165, 1.54) is 0 Å². The maximum atomic E-state index is 12.0. The monoisotopic (exact) mass is 314 g/mol. The molecule has 0 fully saturated rings. The zero-order chi connectivity index (χ0) is 17.0. The van der Waals surface area contributed by atoms with Gasteiger partial charge < -0.3 is 15.7 Å². The topological polar surface area (TPSA) is 78.4 Å². The Morgan fingerprint density at radius 2 is 1.70 bits per heavy atom. The second-order valence-corrected chi connectivity index (χ2v) is 6.57. The van der Waals surface area contributed by atoms with Gasteiger partial charge in [-0.2, -0.15) is 0 Å². The number of hydrogen-bond acceptors (Lipinski definition) is 3. The van der Waals surface area contributed by atoms with E-state index in [4.69, 9.17) is 0 Å². The zero-order valence-electron chi connectivity index (χ0n) is 13.6. The van der Waals surface area contributed by atoms with Gasteiger partial charge in [-0.05, 0) is 16.9 Å². The fraction of sp³-hybridized carbons (Fsp3) is 0.333. The number of amides is 2. The average molecular weight is 314 g/mol. The highest BCUT2D eigenvalue weighted by Crippen LogP contribution is 2.22. The van der Waals surface area contributed by atoms with Gasteiger partial charge >= 0.3 is 11.8 Å². The van der Waals surface area contributed by atoms with Crippen LogP contribution in [0.4, 0.5) is 5.69 Å². The van der Waals surface area contributed by atoms with E-state index in [9.17, 15) is 14.7 Å². The molecule has 5 heteroatoms. The lowest BCUT2D eigenvalue weighted by molar-refractivity contribution is -0.136. The van der Waals surface area contributed by atoms with Gasteiger partial charge in [-0.3, -0.25) is 9.59 Å². The molecule has 23 heavy (non-hydrogen) atoms. The molecular formula is C18H22N2O3. The summed E-state index contributed by atoms with van der Waals surface area (Å²) in [4.78, 5) is 23.9. The van der Waals surface area contributed by atoms with Crippen LogP contribution in [0.2, 0.25) is 0 Å². The number of carbonyl (C=O) groups is 2. The highest BCUT2D eigenvalue weighted by atomic mass is 16.3. The third-order valence-corrected chi connectivity index (χ3v) is 3.70. The number of rotatable bonds is 3. The van der Waals surface area contributed by atoms with Gasteiger partial charge in [-0.25, -0.2) is 0 Å². The van der Waals surface area contributed by atoms with Crippen LogP contribution in [0.25, 0.3) is 10.8 Å². The van der Waals surface area contributed by atoms with Crippen molar-refractivity contribution >= 4 is 28.3 Å². The first-order chi connectivity index (χ1) is 10.8. The number of hydrogen-bond donors (Lipinski definition) is 3. The van der Waals surface area contributed by atoms with Crippen molar-refractivity contribution in [3.63, 3.8) is 0 Å². The minimum absolute atomic E-state index is 0.0330. The summed E-state index contributed by atoms with van der Waals surface area (Å²) in [5, 5.41) is 16.8.